The molecule has 0 amide bonds. The van der Waals surface area contributed by atoms with Crippen LogP contribution in [0.2, 0.25) is 0 Å². The van der Waals surface area contributed by atoms with Gasteiger partial charge in [0.05, 0.1) is 4.90 Å². The van der Waals surface area contributed by atoms with Crippen molar-refractivity contribution in [1.29, 1.82) is 0 Å². The first-order chi connectivity index (χ1) is 9.54. The van der Waals surface area contributed by atoms with Crippen LogP contribution in [0.3, 0.4) is 0 Å². The van der Waals surface area contributed by atoms with Crippen molar-refractivity contribution in [2.45, 2.75) is 50.0 Å². The van der Waals surface area contributed by atoms with E-state index in [9.17, 15) is 8.42 Å². The van der Waals surface area contributed by atoms with Gasteiger partial charge in [0.25, 0.3) is 0 Å². The molecule has 20 heavy (non-hydrogen) atoms. The van der Waals surface area contributed by atoms with Crippen LogP contribution in [-0.2, 0) is 16.4 Å². The summed E-state index contributed by atoms with van der Waals surface area (Å²) in [5.74, 6) is 0.722. The Balaban J connectivity index is 1.75. The van der Waals surface area contributed by atoms with E-state index >= 15 is 0 Å². The second-order valence-corrected chi connectivity index (χ2v) is 7.79. The molecule has 0 atom stereocenters. The lowest BCUT2D eigenvalue weighted by Crippen LogP contribution is -2.37. The van der Waals surface area contributed by atoms with Crippen molar-refractivity contribution in [2.75, 3.05) is 11.9 Å². The van der Waals surface area contributed by atoms with Gasteiger partial charge in [0.1, 0.15) is 0 Å². The van der Waals surface area contributed by atoms with E-state index in [2.05, 4.69) is 17.0 Å². The molecule has 1 aromatic rings. The minimum absolute atomic E-state index is 0.0948. The lowest BCUT2D eigenvalue weighted by atomic mass is 9.88. The number of nitrogens with one attached hydrogen (secondary N) is 2. The van der Waals surface area contributed by atoms with E-state index in [0.29, 0.717) is 4.90 Å². The topological polar surface area (TPSA) is 58.2 Å². The van der Waals surface area contributed by atoms with E-state index in [-0.39, 0.29) is 6.04 Å². The summed E-state index contributed by atoms with van der Waals surface area (Å²) in [7, 11) is -3.39. The van der Waals surface area contributed by atoms with Gasteiger partial charge in [0.15, 0.2) is 0 Å². The summed E-state index contributed by atoms with van der Waals surface area (Å²) in [6.07, 6.45) is 5.09. The Morgan fingerprint density at radius 1 is 1.20 bits per heavy atom. The zero-order valence-electron chi connectivity index (χ0n) is 11.9. The van der Waals surface area contributed by atoms with Crippen LogP contribution in [0.4, 0.5) is 5.69 Å². The molecule has 5 heteroatoms. The van der Waals surface area contributed by atoms with Crippen LogP contribution >= 0.6 is 0 Å². The molecule has 2 aliphatic rings. The molecule has 4 nitrogen and oxygen atoms in total. The smallest absolute Gasteiger partial charge is 0.240 e. The second-order valence-electron chi connectivity index (χ2n) is 6.07. The number of fused-ring (bicyclic) bond motifs is 1. The van der Waals surface area contributed by atoms with E-state index < -0.39 is 10.0 Å². The SMILES string of the molecule is CC1CCC(NS(=O)(=O)c2ccc3c(c2)NCC3)CC1. The summed E-state index contributed by atoms with van der Waals surface area (Å²) < 4.78 is 27.8. The van der Waals surface area contributed by atoms with Crippen molar-refractivity contribution in [3.63, 3.8) is 0 Å². The number of anilines is 1. The number of benzene rings is 1. The Hall–Kier alpha value is -1.07. The Kier molecular flexibility index (Phi) is 3.73. The largest absolute Gasteiger partial charge is 0.384 e. The van der Waals surface area contributed by atoms with Gasteiger partial charge in [0.2, 0.25) is 10.0 Å². The molecule has 110 valence electrons. The maximum atomic E-state index is 12.4. The third kappa shape index (κ3) is 2.83. The maximum absolute atomic E-state index is 12.4. The normalized spacial score (nSPS) is 26.1. The van der Waals surface area contributed by atoms with E-state index in [0.717, 1.165) is 50.3 Å². The van der Waals surface area contributed by atoms with Crippen LogP contribution in [-0.4, -0.2) is 21.0 Å². The first-order valence-corrected chi connectivity index (χ1v) is 8.92. The highest BCUT2D eigenvalue weighted by molar-refractivity contribution is 7.89. The molecule has 1 saturated carbocycles. The minimum atomic E-state index is -3.39. The van der Waals surface area contributed by atoms with Crippen LogP contribution in [0, 0.1) is 5.92 Å². The molecular formula is C15H22N2O2S. The highest BCUT2D eigenvalue weighted by atomic mass is 32.2. The van der Waals surface area contributed by atoms with Gasteiger partial charge in [-0.3, -0.25) is 0 Å². The fourth-order valence-corrected chi connectivity index (χ4v) is 4.43. The number of hydrogen-bond acceptors (Lipinski definition) is 3. The quantitative estimate of drug-likeness (QED) is 0.900. The van der Waals surface area contributed by atoms with Gasteiger partial charge in [-0.1, -0.05) is 13.0 Å². The van der Waals surface area contributed by atoms with Crippen LogP contribution < -0.4 is 10.0 Å². The van der Waals surface area contributed by atoms with E-state index in [1.54, 1.807) is 12.1 Å². The Labute approximate surface area is 121 Å². The van der Waals surface area contributed by atoms with Crippen LogP contribution in [0.15, 0.2) is 23.1 Å². The minimum Gasteiger partial charge on any atom is -0.384 e. The molecule has 0 unspecified atom stereocenters. The lowest BCUT2D eigenvalue weighted by Gasteiger charge is -2.26. The third-order valence-electron chi connectivity index (χ3n) is 4.44. The molecule has 1 fully saturated rings. The van der Waals surface area contributed by atoms with Crippen molar-refractivity contribution in [1.82, 2.24) is 4.72 Å². The number of hydrogen-bond donors (Lipinski definition) is 2. The Bertz CT molecular complexity index is 590. The predicted molar refractivity (Wildman–Crippen MR) is 80.4 cm³/mol. The van der Waals surface area contributed by atoms with Crippen molar-refractivity contribution in [3.05, 3.63) is 23.8 Å². The monoisotopic (exact) mass is 294 g/mol. The third-order valence-corrected chi connectivity index (χ3v) is 5.96. The molecule has 1 heterocycles. The summed E-state index contributed by atoms with van der Waals surface area (Å²) in [4.78, 5) is 0.379. The number of sulfonamides is 1. The molecule has 1 aromatic carbocycles. The van der Waals surface area contributed by atoms with Crippen LogP contribution in [0.1, 0.15) is 38.2 Å². The average Bonchev–Trinajstić information content (AvgIpc) is 2.88. The van der Waals surface area contributed by atoms with Crippen LogP contribution in [0.25, 0.3) is 0 Å². The molecule has 0 radical (unpaired) electrons. The van der Waals surface area contributed by atoms with Gasteiger partial charge in [-0.15, -0.1) is 0 Å². The second kappa shape index (κ2) is 5.37. The van der Waals surface area contributed by atoms with Gasteiger partial charge in [0, 0.05) is 18.3 Å². The van der Waals surface area contributed by atoms with Crippen molar-refractivity contribution in [2.24, 2.45) is 5.92 Å². The predicted octanol–water partition coefficient (Wildman–Crippen LogP) is 2.51. The maximum Gasteiger partial charge on any atom is 0.240 e. The Morgan fingerprint density at radius 3 is 2.70 bits per heavy atom. The van der Waals surface area contributed by atoms with Gasteiger partial charge >= 0.3 is 0 Å². The molecule has 0 aromatic heterocycles. The lowest BCUT2D eigenvalue weighted by molar-refractivity contribution is 0.332. The van der Waals surface area contributed by atoms with Crippen LogP contribution in [0.5, 0.6) is 0 Å². The molecule has 0 bridgehead atoms. The highest BCUT2D eigenvalue weighted by Crippen LogP contribution is 2.27. The summed E-state index contributed by atoms with van der Waals surface area (Å²) in [5.41, 5.74) is 2.17. The average molecular weight is 294 g/mol. The van der Waals surface area contributed by atoms with Crippen molar-refractivity contribution >= 4 is 15.7 Å². The first-order valence-electron chi connectivity index (χ1n) is 7.44. The van der Waals surface area contributed by atoms with Gasteiger partial charge in [-0.25, -0.2) is 13.1 Å². The van der Waals surface area contributed by atoms with Gasteiger partial charge in [-0.05, 0) is 55.7 Å². The molecule has 2 N–H and O–H groups in total. The summed E-state index contributed by atoms with van der Waals surface area (Å²) in [6.45, 7) is 3.13. The van der Waals surface area contributed by atoms with E-state index in [4.69, 9.17) is 0 Å². The molecule has 1 aliphatic carbocycles. The molecular weight excluding hydrogens is 272 g/mol. The van der Waals surface area contributed by atoms with Gasteiger partial charge in [-0.2, -0.15) is 0 Å². The van der Waals surface area contributed by atoms with Gasteiger partial charge < -0.3 is 5.32 Å². The van der Waals surface area contributed by atoms with Crippen molar-refractivity contribution in [3.8, 4) is 0 Å². The first kappa shape index (κ1) is 13.9. The molecule has 3 rings (SSSR count). The molecule has 1 aliphatic heterocycles. The summed E-state index contributed by atoms with van der Waals surface area (Å²) in [5, 5.41) is 3.23. The zero-order valence-corrected chi connectivity index (χ0v) is 12.7. The summed E-state index contributed by atoms with van der Waals surface area (Å²) in [6, 6.07) is 5.50. The summed E-state index contributed by atoms with van der Waals surface area (Å²) >= 11 is 0. The Morgan fingerprint density at radius 2 is 1.95 bits per heavy atom. The van der Waals surface area contributed by atoms with Crippen molar-refractivity contribution < 1.29 is 8.42 Å². The highest BCUT2D eigenvalue weighted by Gasteiger charge is 2.25. The zero-order chi connectivity index (χ0) is 14.2. The van der Waals surface area contributed by atoms with E-state index in [1.165, 1.54) is 5.56 Å². The standard InChI is InChI=1S/C15H22N2O2S/c1-11-2-5-13(6-3-11)17-20(18,19)14-7-4-12-8-9-16-15(12)10-14/h4,7,10-11,13,16-17H,2-3,5-6,8-9H2,1H3. The molecule has 0 spiro atoms. The van der Waals surface area contributed by atoms with E-state index in [1.807, 2.05) is 6.07 Å². The fraction of sp³-hybridized carbons (Fsp3) is 0.600. The number of rotatable bonds is 3. The fourth-order valence-electron chi connectivity index (χ4n) is 3.10. The molecule has 0 saturated heterocycles.